The van der Waals surface area contributed by atoms with Crippen molar-refractivity contribution in [2.45, 2.75) is 6.18 Å². The Morgan fingerprint density at radius 3 is 2.41 bits per heavy atom. The molecule has 2 aromatic carbocycles. The van der Waals surface area contributed by atoms with E-state index in [4.69, 9.17) is 9.42 Å². The highest BCUT2D eigenvalue weighted by molar-refractivity contribution is 7.32. The Balaban J connectivity index is 1.95. The molecule has 1 unspecified atom stereocenters. The monoisotopic (exact) mass is 450 g/mol. The van der Waals surface area contributed by atoms with Crippen LogP contribution in [-0.2, 0) is 15.3 Å². The molecule has 29 heavy (non-hydrogen) atoms. The van der Waals surface area contributed by atoms with Crippen LogP contribution in [0.5, 0.6) is 0 Å². The minimum absolute atomic E-state index is 0.0259. The number of thiazole rings is 1. The van der Waals surface area contributed by atoms with Crippen LogP contribution in [-0.4, -0.2) is 16.6 Å². The lowest BCUT2D eigenvalue weighted by molar-refractivity contribution is -0.137. The zero-order chi connectivity index (χ0) is 21.2. The molecule has 1 heterocycles. The van der Waals surface area contributed by atoms with Gasteiger partial charge in [0.15, 0.2) is 5.13 Å². The lowest BCUT2D eigenvalue weighted by atomic mass is 10.1. The molecule has 0 bridgehead atoms. The molecule has 5 nitrogen and oxygen atoms in total. The fraction of sp³-hybridized carbons (Fsp3) is 0.118. The first kappa shape index (κ1) is 21.4. The van der Waals surface area contributed by atoms with Crippen molar-refractivity contribution >= 4 is 30.4 Å². The van der Waals surface area contributed by atoms with Crippen molar-refractivity contribution in [1.29, 1.82) is 0 Å². The largest absolute Gasteiger partial charge is 0.416 e. The quantitative estimate of drug-likeness (QED) is 0.301. The van der Waals surface area contributed by atoms with E-state index in [2.05, 4.69) is 4.98 Å². The standard InChI is InChI=1S/C17H12F5N2O3PS/c18-11-3-6-13(14(19)7-11)15-8-29-16(23-15)24(9-27-28(25)26)12-4-1-10(2-5-12)17(20,21)22/h1-8,28H,9H2,(H,25,26). The first-order chi connectivity index (χ1) is 13.6. The van der Waals surface area contributed by atoms with Gasteiger partial charge in [0.1, 0.15) is 18.4 Å². The Bertz CT molecular complexity index is 1030. The Morgan fingerprint density at radius 2 is 1.83 bits per heavy atom. The summed E-state index contributed by atoms with van der Waals surface area (Å²) in [6.45, 7) is -0.474. The summed E-state index contributed by atoms with van der Waals surface area (Å²) in [6, 6.07) is 6.96. The molecule has 3 aromatic rings. The Hall–Kier alpha value is -2.33. The van der Waals surface area contributed by atoms with Crippen molar-refractivity contribution in [1.82, 2.24) is 4.98 Å². The third-order valence-electron chi connectivity index (χ3n) is 3.75. The number of anilines is 2. The molecule has 0 spiro atoms. The molecule has 0 fully saturated rings. The molecule has 1 N–H and O–H groups in total. The molecular formula is C17H12F5N2O3PS. The summed E-state index contributed by atoms with van der Waals surface area (Å²) in [5.41, 5.74) is -0.471. The second kappa shape index (κ2) is 8.58. The maximum absolute atomic E-state index is 14.0. The van der Waals surface area contributed by atoms with Crippen LogP contribution >= 0.6 is 19.6 Å². The molecule has 1 aromatic heterocycles. The van der Waals surface area contributed by atoms with Gasteiger partial charge in [-0.1, -0.05) is 0 Å². The number of hydrogen-bond acceptors (Lipinski definition) is 5. The summed E-state index contributed by atoms with van der Waals surface area (Å²) in [5, 5.41) is 1.64. The topological polar surface area (TPSA) is 62.7 Å². The lowest BCUT2D eigenvalue weighted by Gasteiger charge is -2.21. The summed E-state index contributed by atoms with van der Waals surface area (Å²) in [7, 11) is -3.33. The molecule has 0 radical (unpaired) electrons. The molecule has 154 valence electrons. The van der Waals surface area contributed by atoms with Crippen LogP contribution in [0, 0.1) is 11.6 Å². The summed E-state index contributed by atoms with van der Waals surface area (Å²) in [5.74, 6) is -1.59. The van der Waals surface area contributed by atoms with Gasteiger partial charge in [-0.3, -0.25) is 14.0 Å². The van der Waals surface area contributed by atoms with Crippen LogP contribution < -0.4 is 4.90 Å². The van der Waals surface area contributed by atoms with Crippen LogP contribution in [0.2, 0.25) is 0 Å². The fourth-order valence-electron chi connectivity index (χ4n) is 2.40. The van der Waals surface area contributed by atoms with E-state index in [-0.39, 0.29) is 22.1 Å². The highest BCUT2D eigenvalue weighted by atomic mass is 32.1. The predicted octanol–water partition coefficient (Wildman–Crippen LogP) is 5.60. The minimum atomic E-state index is -4.52. The van der Waals surface area contributed by atoms with Gasteiger partial charge in [0, 0.05) is 22.7 Å². The lowest BCUT2D eigenvalue weighted by Crippen LogP contribution is -2.19. The smallest absolute Gasteiger partial charge is 0.326 e. The summed E-state index contributed by atoms with van der Waals surface area (Å²) >= 11 is 1.00. The van der Waals surface area contributed by atoms with Crippen molar-refractivity contribution in [2.24, 2.45) is 0 Å². The van der Waals surface area contributed by atoms with E-state index in [1.807, 2.05) is 0 Å². The Kier molecular flexibility index (Phi) is 6.33. The maximum Gasteiger partial charge on any atom is 0.416 e. The van der Waals surface area contributed by atoms with Gasteiger partial charge in [0.25, 0.3) is 0 Å². The molecule has 3 rings (SSSR count). The van der Waals surface area contributed by atoms with Crippen molar-refractivity contribution in [3.05, 3.63) is 65.0 Å². The number of rotatable bonds is 6. The van der Waals surface area contributed by atoms with Crippen LogP contribution in [0.1, 0.15) is 5.56 Å². The Morgan fingerprint density at radius 1 is 1.14 bits per heavy atom. The third-order valence-corrected chi connectivity index (χ3v) is 4.99. The third kappa shape index (κ3) is 5.18. The molecule has 0 aliphatic rings. The first-order valence-electron chi connectivity index (χ1n) is 7.86. The number of halogens is 5. The van der Waals surface area contributed by atoms with E-state index < -0.39 is 38.4 Å². The van der Waals surface area contributed by atoms with Gasteiger partial charge in [0.05, 0.1) is 11.3 Å². The minimum Gasteiger partial charge on any atom is -0.326 e. The maximum atomic E-state index is 14.0. The van der Waals surface area contributed by atoms with Crippen LogP contribution in [0.4, 0.5) is 32.8 Å². The van der Waals surface area contributed by atoms with Crippen LogP contribution in [0.3, 0.4) is 0 Å². The number of hydrogen-bond donors (Lipinski definition) is 1. The summed E-state index contributed by atoms with van der Waals surface area (Å²) in [6.07, 6.45) is -4.52. The van der Waals surface area contributed by atoms with Crippen molar-refractivity contribution in [2.75, 3.05) is 11.6 Å². The van der Waals surface area contributed by atoms with Gasteiger partial charge < -0.3 is 4.89 Å². The second-order valence-corrected chi connectivity index (χ2v) is 7.31. The number of alkyl halides is 3. The van der Waals surface area contributed by atoms with E-state index in [0.717, 1.165) is 41.7 Å². The zero-order valence-corrected chi connectivity index (χ0v) is 16.1. The average molecular weight is 450 g/mol. The van der Waals surface area contributed by atoms with Gasteiger partial charge in [-0.15, -0.1) is 11.3 Å². The van der Waals surface area contributed by atoms with Crippen molar-refractivity contribution in [3.8, 4) is 11.3 Å². The molecule has 12 heteroatoms. The molecule has 0 aliphatic carbocycles. The molecule has 0 saturated carbocycles. The van der Waals surface area contributed by atoms with Crippen molar-refractivity contribution in [3.63, 3.8) is 0 Å². The van der Waals surface area contributed by atoms with E-state index in [1.165, 1.54) is 16.3 Å². The van der Waals surface area contributed by atoms with Gasteiger partial charge in [-0.05, 0) is 36.4 Å². The first-order valence-corrected chi connectivity index (χ1v) is 10.0. The van der Waals surface area contributed by atoms with E-state index in [1.54, 1.807) is 0 Å². The zero-order valence-electron chi connectivity index (χ0n) is 14.3. The SMILES string of the molecule is O=[PH](O)OCN(c1ccc(C(F)(F)F)cc1)c1nc(-c2ccc(F)cc2F)cs1. The average Bonchev–Trinajstić information content (AvgIpc) is 3.11. The van der Waals surface area contributed by atoms with Gasteiger partial charge in [-0.25, -0.2) is 13.8 Å². The molecule has 0 amide bonds. The van der Waals surface area contributed by atoms with Gasteiger partial charge in [-0.2, -0.15) is 13.2 Å². The van der Waals surface area contributed by atoms with Crippen LogP contribution in [0.15, 0.2) is 47.8 Å². The predicted molar refractivity (Wildman–Crippen MR) is 98.2 cm³/mol. The molecule has 1 atom stereocenters. The number of benzene rings is 2. The summed E-state index contributed by atoms with van der Waals surface area (Å²) in [4.78, 5) is 14.4. The molecule has 0 aliphatic heterocycles. The van der Waals surface area contributed by atoms with E-state index >= 15 is 0 Å². The summed E-state index contributed by atoms with van der Waals surface area (Å²) < 4.78 is 81.1. The fourth-order valence-corrected chi connectivity index (χ4v) is 3.47. The number of nitrogens with zero attached hydrogens (tertiary/aromatic N) is 2. The molecular weight excluding hydrogens is 438 g/mol. The van der Waals surface area contributed by atoms with E-state index in [0.29, 0.717) is 6.07 Å². The van der Waals surface area contributed by atoms with Crippen LogP contribution in [0.25, 0.3) is 11.3 Å². The van der Waals surface area contributed by atoms with Gasteiger partial charge >= 0.3 is 14.4 Å². The highest BCUT2D eigenvalue weighted by Gasteiger charge is 2.30. The Labute approximate surface area is 166 Å². The highest BCUT2D eigenvalue weighted by Crippen LogP contribution is 2.36. The second-order valence-electron chi connectivity index (χ2n) is 5.65. The van der Waals surface area contributed by atoms with Gasteiger partial charge in [0.2, 0.25) is 0 Å². The van der Waals surface area contributed by atoms with Crippen molar-refractivity contribution < 1.29 is 35.9 Å². The van der Waals surface area contributed by atoms with E-state index in [9.17, 15) is 26.5 Å². The normalized spacial score (nSPS) is 12.8. The number of aromatic nitrogens is 1. The molecule has 0 saturated heterocycles.